The molecule has 0 N–H and O–H groups in total. The number of hydrogen-bond donors (Lipinski definition) is 0. The van der Waals surface area contributed by atoms with Crippen molar-refractivity contribution in [2.75, 3.05) is 6.61 Å². The Hall–Kier alpha value is -1.02. The van der Waals surface area contributed by atoms with Crippen LogP contribution in [0.2, 0.25) is 0 Å². The first-order valence-electron chi connectivity index (χ1n) is 5.40. The van der Waals surface area contributed by atoms with Crippen molar-refractivity contribution in [2.45, 2.75) is 32.6 Å². The summed E-state index contributed by atoms with van der Waals surface area (Å²) in [6, 6.07) is 6.18. The van der Waals surface area contributed by atoms with Crippen molar-refractivity contribution in [3.05, 3.63) is 34.9 Å². The smallest absolute Gasteiger partial charge is 0.324 e. The second-order valence-electron chi connectivity index (χ2n) is 3.92. The standard InChI is InChI=1S/C13H17ClO2/c1-4-16-13(15)12(14)8-11-6-9(2)5-10(3)7-11/h5-7,12H,4,8H2,1-3H3. The minimum atomic E-state index is -0.596. The lowest BCUT2D eigenvalue weighted by Gasteiger charge is -2.10. The van der Waals surface area contributed by atoms with Crippen LogP contribution in [0.3, 0.4) is 0 Å². The van der Waals surface area contributed by atoms with Crippen molar-refractivity contribution in [3.8, 4) is 0 Å². The van der Waals surface area contributed by atoms with Gasteiger partial charge in [0.1, 0.15) is 5.38 Å². The van der Waals surface area contributed by atoms with E-state index in [1.165, 1.54) is 11.1 Å². The van der Waals surface area contributed by atoms with Crippen LogP contribution in [0, 0.1) is 13.8 Å². The molecule has 0 fully saturated rings. The fourth-order valence-corrected chi connectivity index (χ4v) is 1.95. The van der Waals surface area contributed by atoms with Gasteiger partial charge >= 0.3 is 5.97 Å². The Labute approximate surface area is 102 Å². The lowest BCUT2D eigenvalue weighted by Crippen LogP contribution is -2.20. The molecule has 16 heavy (non-hydrogen) atoms. The van der Waals surface area contributed by atoms with Crippen LogP contribution in [0.1, 0.15) is 23.6 Å². The molecule has 0 aliphatic heterocycles. The molecule has 0 aliphatic rings. The molecule has 0 aromatic heterocycles. The van der Waals surface area contributed by atoms with Gasteiger partial charge in [0.15, 0.2) is 0 Å². The number of carbonyl (C=O) groups excluding carboxylic acids is 1. The first-order valence-corrected chi connectivity index (χ1v) is 5.84. The highest BCUT2D eigenvalue weighted by Crippen LogP contribution is 2.14. The van der Waals surface area contributed by atoms with Gasteiger partial charge in [-0.1, -0.05) is 29.3 Å². The molecule has 0 aliphatic carbocycles. The Morgan fingerprint density at radius 3 is 2.38 bits per heavy atom. The first-order chi connectivity index (χ1) is 7.52. The zero-order chi connectivity index (χ0) is 12.1. The van der Waals surface area contributed by atoms with E-state index >= 15 is 0 Å². The van der Waals surface area contributed by atoms with Crippen LogP contribution in [-0.4, -0.2) is 18.0 Å². The number of esters is 1. The van der Waals surface area contributed by atoms with Gasteiger partial charge in [0.2, 0.25) is 0 Å². The van der Waals surface area contributed by atoms with Crippen molar-refractivity contribution >= 4 is 17.6 Å². The molecule has 0 saturated heterocycles. The number of benzene rings is 1. The summed E-state index contributed by atoms with van der Waals surface area (Å²) in [4.78, 5) is 11.4. The zero-order valence-electron chi connectivity index (χ0n) is 9.92. The van der Waals surface area contributed by atoms with Crippen molar-refractivity contribution in [1.29, 1.82) is 0 Å². The second kappa shape index (κ2) is 5.90. The highest BCUT2D eigenvalue weighted by Gasteiger charge is 2.17. The van der Waals surface area contributed by atoms with E-state index in [-0.39, 0.29) is 5.97 Å². The van der Waals surface area contributed by atoms with Crippen LogP contribution in [0.5, 0.6) is 0 Å². The number of ether oxygens (including phenoxy) is 1. The average Bonchev–Trinajstić information content (AvgIpc) is 2.16. The Morgan fingerprint density at radius 2 is 1.88 bits per heavy atom. The van der Waals surface area contributed by atoms with Crippen molar-refractivity contribution in [2.24, 2.45) is 0 Å². The topological polar surface area (TPSA) is 26.3 Å². The van der Waals surface area contributed by atoms with Gasteiger partial charge in [-0.15, -0.1) is 11.6 Å². The van der Waals surface area contributed by atoms with E-state index in [9.17, 15) is 4.79 Å². The third kappa shape index (κ3) is 3.86. The third-order valence-corrected chi connectivity index (χ3v) is 2.57. The van der Waals surface area contributed by atoms with Gasteiger partial charge in [0.25, 0.3) is 0 Å². The van der Waals surface area contributed by atoms with Gasteiger partial charge in [-0.2, -0.15) is 0 Å². The summed E-state index contributed by atoms with van der Waals surface area (Å²) in [5.74, 6) is -0.344. The Morgan fingerprint density at radius 1 is 1.31 bits per heavy atom. The van der Waals surface area contributed by atoms with Crippen LogP contribution >= 0.6 is 11.6 Å². The summed E-state index contributed by atoms with van der Waals surface area (Å²) in [5.41, 5.74) is 3.44. The molecule has 0 saturated carbocycles. The molecule has 88 valence electrons. The molecule has 1 aromatic rings. The lowest BCUT2D eigenvalue weighted by molar-refractivity contribution is -0.142. The molecule has 2 nitrogen and oxygen atoms in total. The van der Waals surface area contributed by atoms with Gasteiger partial charge in [0, 0.05) is 0 Å². The quantitative estimate of drug-likeness (QED) is 0.597. The average molecular weight is 241 g/mol. The minimum absolute atomic E-state index is 0.344. The van der Waals surface area contributed by atoms with E-state index in [4.69, 9.17) is 16.3 Å². The zero-order valence-corrected chi connectivity index (χ0v) is 10.7. The Kier molecular flexibility index (Phi) is 4.81. The molecule has 0 spiro atoms. The molecule has 1 atom stereocenters. The third-order valence-electron chi connectivity index (χ3n) is 2.24. The highest BCUT2D eigenvalue weighted by molar-refractivity contribution is 6.30. The fraction of sp³-hybridized carbons (Fsp3) is 0.462. The normalized spacial score (nSPS) is 12.2. The maximum atomic E-state index is 11.4. The van der Waals surface area contributed by atoms with Gasteiger partial charge in [0.05, 0.1) is 6.61 Å². The molecular formula is C13H17ClO2. The van der Waals surface area contributed by atoms with Gasteiger partial charge in [-0.25, -0.2) is 0 Å². The molecular weight excluding hydrogens is 224 g/mol. The van der Waals surface area contributed by atoms with Crippen LogP contribution in [0.15, 0.2) is 18.2 Å². The summed E-state index contributed by atoms with van der Waals surface area (Å²) >= 11 is 5.97. The van der Waals surface area contributed by atoms with Crippen molar-refractivity contribution < 1.29 is 9.53 Å². The molecule has 0 heterocycles. The van der Waals surface area contributed by atoms with Crippen molar-refractivity contribution in [3.63, 3.8) is 0 Å². The molecule has 1 unspecified atom stereocenters. The van der Waals surface area contributed by atoms with Crippen LogP contribution in [0.25, 0.3) is 0 Å². The Bertz CT molecular complexity index is 354. The predicted octanol–water partition coefficient (Wildman–Crippen LogP) is 3.02. The predicted molar refractivity (Wildman–Crippen MR) is 65.9 cm³/mol. The van der Waals surface area contributed by atoms with E-state index in [0.717, 1.165) is 5.56 Å². The molecule has 0 bridgehead atoms. The lowest BCUT2D eigenvalue weighted by atomic mass is 10.0. The van der Waals surface area contributed by atoms with Crippen LogP contribution < -0.4 is 0 Å². The largest absolute Gasteiger partial charge is 0.465 e. The summed E-state index contributed by atoms with van der Waals surface area (Å²) in [5, 5.41) is -0.596. The molecule has 0 radical (unpaired) electrons. The molecule has 0 amide bonds. The van der Waals surface area contributed by atoms with E-state index < -0.39 is 5.38 Å². The number of hydrogen-bond acceptors (Lipinski definition) is 2. The maximum Gasteiger partial charge on any atom is 0.324 e. The van der Waals surface area contributed by atoms with Crippen LogP contribution in [-0.2, 0) is 16.0 Å². The number of rotatable bonds is 4. The summed E-state index contributed by atoms with van der Waals surface area (Å²) in [7, 11) is 0. The van der Waals surface area contributed by atoms with Gasteiger partial charge in [-0.3, -0.25) is 4.79 Å². The van der Waals surface area contributed by atoms with Gasteiger partial charge < -0.3 is 4.74 Å². The van der Waals surface area contributed by atoms with E-state index in [1.807, 2.05) is 26.0 Å². The number of aryl methyl sites for hydroxylation is 2. The monoisotopic (exact) mass is 240 g/mol. The fourth-order valence-electron chi connectivity index (χ4n) is 1.71. The highest BCUT2D eigenvalue weighted by atomic mass is 35.5. The minimum Gasteiger partial charge on any atom is -0.465 e. The number of halogens is 1. The maximum absolute atomic E-state index is 11.4. The van der Waals surface area contributed by atoms with Gasteiger partial charge in [-0.05, 0) is 32.8 Å². The summed E-state index contributed by atoms with van der Waals surface area (Å²) < 4.78 is 4.87. The van der Waals surface area contributed by atoms with Crippen molar-refractivity contribution in [1.82, 2.24) is 0 Å². The summed E-state index contributed by atoms with van der Waals surface area (Å²) in [6.07, 6.45) is 0.517. The molecule has 3 heteroatoms. The number of carbonyl (C=O) groups is 1. The Balaban J connectivity index is 2.69. The summed E-state index contributed by atoms with van der Waals surface area (Å²) in [6.45, 7) is 6.21. The van der Waals surface area contributed by atoms with E-state index in [1.54, 1.807) is 6.92 Å². The number of alkyl halides is 1. The SMILES string of the molecule is CCOC(=O)C(Cl)Cc1cc(C)cc(C)c1. The van der Waals surface area contributed by atoms with Crippen LogP contribution in [0.4, 0.5) is 0 Å². The molecule has 1 aromatic carbocycles. The molecule has 1 rings (SSSR count). The van der Waals surface area contributed by atoms with E-state index in [2.05, 4.69) is 6.07 Å². The van der Waals surface area contributed by atoms with E-state index in [0.29, 0.717) is 13.0 Å². The first kappa shape index (κ1) is 13.0. The second-order valence-corrected chi connectivity index (χ2v) is 4.45.